The Labute approximate surface area is 110 Å². The van der Waals surface area contributed by atoms with Crippen LogP contribution in [0.3, 0.4) is 0 Å². The van der Waals surface area contributed by atoms with Crippen LogP contribution in [0.5, 0.6) is 0 Å². The van der Waals surface area contributed by atoms with Crippen molar-refractivity contribution in [3.8, 4) is 11.4 Å². The summed E-state index contributed by atoms with van der Waals surface area (Å²) in [4.78, 5) is 8.78. The van der Waals surface area contributed by atoms with Gasteiger partial charge < -0.3 is 0 Å². The Bertz CT molecular complexity index is 463. The first-order chi connectivity index (χ1) is 8.29. The van der Waals surface area contributed by atoms with Crippen molar-refractivity contribution < 1.29 is 0 Å². The van der Waals surface area contributed by atoms with Gasteiger partial charge in [0.05, 0.1) is 11.4 Å². The van der Waals surface area contributed by atoms with E-state index in [9.17, 15) is 0 Å². The van der Waals surface area contributed by atoms with E-state index in [1.165, 1.54) is 18.4 Å². The van der Waals surface area contributed by atoms with Crippen molar-refractivity contribution in [1.82, 2.24) is 9.97 Å². The number of aromatic nitrogens is 2. The maximum Gasteiger partial charge on any atom is 0.0886 e. The molecule has 0 aromatic carbocycles. The predicted molar refractivity (Wildman–Crippen MR) is 73.8 cm³/mol. The van der Waals surface area contributed by atoms with Gasteiger partial charge in [0.2, 0.25) is 0 Å². The Balaban J connectivity index is 2.14. The fraction of sp³-hybridized carbons (Fsp3) is 0.286. The highest BCUT2D eigenvalue weighted by Crippen LogP contribution is 2.17. The van der Waals surface area contributed by atoms with Crippen LogP contribution in [0.1, 0.15) is 25.3 Å². The van der Waals surface area contributed by atoms with Gasteiger partial charge in [-0.1, -0.05) is 19.4 Å². The SMILES string of the molecule is CCCCc1ccc(-c2ccc(Br)cn2)nc1. The molecule has 88 valence electrons. The zero-order valence-electron chi connectivity index (χ0n) is 9.86. The summed E-state index contributed by atoms with van der Waals surface area (Å²) in [5, 5.41) is 0. The summed E-state index contributed by atoms with van der Waals surface area (Å²) in [5.41, 5.74) is 3.14. The first-order valence-electron chi connectivity index (χ1n) is 5.86. The molecule has 0 unspecified atom stereocenters. The number of unbranched alkanes of at least 4 members (excludes halogenated alkanes) is 1. The van der Waals surface area contributed by atoms with Gasteiger partial charge in [0.15, 0.2) is 0 Å². The van der Waals surface area contributed by atoms with E-state index in [1.807, 2.05) is 24.4 Å². The van der Waals surface area contributed by atoms with Crippen molar-refractivity contribution in [3.63, 3.8) is 0 Å². The molecule has 0 fully saturated rings. The van der Waals surface area contributed by atoms with Gasteiger partial charge in [-0.05, 0) is 52.5 Å². The van der Waals surface area contributed by atoms with Crippen molar-refractivity contribution in [2.45, 2.75) is 26.2 Å². The van der Waals surface area contributed by atoms with Crippen molar-refractivity contribution >= 4 is 15.9 Å². The number of hydrogen-bond donors (Lipinski definition) is 0. The smallest absolute Gasteiger partial charge is 0.0886 e. The molecular formula is C14H15BrN2. The number of rotatable bonds is 4. The molecule has 0 saturated carbocycles. The van der Waals surface area contributed by atoms with Crippen LogP contribution < -0.4 is 0 Å². The maximum absolute atomic E-state index is 4.45. The van der Waals surface area contributed by atoms with E-state index in [1.54, 1.807) is 6.20 Å². The van der Waals surface area contributed by atoms with E-state index in [4.69, 9.17) is 0 Å². The highest BCUT2D eigenvalue weighted by atomic mass is 79.9. The lowest BCUT2D eigenvalue weighted by Gasteiger charge is -2.02. The monoisotopic (exact) mass is 290 g/mol. The number of aryl methyl sites for hydroxylation is 1. The number of pyridine rings is 2. The summed E-state index contributed by atoms with van der Waals surface area (Å²) in [5.74, 6) is 0. The van der Waals surface area contributed by atoms with Crippen LogP contribution in [0, 0.1) is 0 Å². The van der Waals surface area contributed by atoms with E-state index in [2.05, 4.69) is 38.9 Å². The third kappa shape index (κ3) is 3.37. The molecule has 2 aromatic rings. The predicted octanol–water partition coefficient (Wildman–Crippen LogP) is 4.25. The van der Waals surface area contributed by atoms with Gasteiger partial charge in [0, 0.05) is 16.9 Å². The molecule has 0 spiro atoms. The van der Waals surface area contributed by atoms with Crippen LogP contribution in [0.2, 0.25) is 0 Å². The minimum atomic E-state index is 0.912. The molecule has 0 amide bonds. The highest BCUT2D eigenvalue weighted by Gasteiger charge is 2.01. The lowest BCUT2D eigenvalue weighted by Crippen LogP contribution is -1.90. The highest BCUT2D eigenvalue weighted by molar-refractivity contribution is 9.10. The summed E-state index contributed by atoms with van der Waals surface area (Å²) in [6.07, 6.45) is 7.29. The zero-order valence-corrected chi connectivity index (χ0v) is 11.4. The van der Waals surface area contributed by atoms with Crippen molar-refractivity contribution in [3.05, 3.63) is 46.7 Å². The van der Waals surface area contributed by atoms with E-state index in [-0.39, 0.29) is 0 Å². The van der Waals surface area contributed by atoms with Crippen LogP contribution in [0.25, 0.3) is 11.4 Å². The molecule has 0 radical (unpaired) electrons. The second kappa shape index (κ2) is 5.92. The number of hydrogen-bond acceptors (Lipinski definition) is 2. The number of nitrogens with zero attached hydrogens (tertiary/aromatic N) is 2. The second-order valence-corrected chi connectivity index (χ2v) is 4.93. The van der Waals surface area contributed by atoms with E-state index in [0.717, 1.165) is 22.3 Å². The lowest BCUT2D eigenvalue weighted by molar-refractivity contribution is 0.792. The largest absolute Gasteiger partial charge is 0.254 e. The average molecular weight is 291 g/mol. The topological polar surface area (TPSA) is 25.8 Å². The molecule has 2 nitrogen and oxygen atoms in total. The minimum Gasteiger partial charge on any atom is -0.254 e. The quantitative estimate of drug-likeness (QED) is 0.841. The first kappa shape index (κ1) is 12.2. The van der Waals surface area contributed by atoms with Gasteiger partial charge in [-0.15, -0.1) is 0 Å². The van der Waals surface area contributed by atoms with E-state index >= 15 is 0 Å². The molecule has 0 N–H and O–H groups in total. The van der Waals surface area contributed by atoms with Crippen LogP contribution in [0.15, 0.2) is 41.1 Å². The summed E-state index contributed by atoms with van der Waals surface area (Å²) in [6, 6.07) is 8.14. The third-order valence-electron chi connectivity index (χ3n) is 2.63. The summed E-state index contributed by atoms with van der Waals surface area (Å²) >= 11 is 3.38. The van der Waals surface area contributed by atoms with Crippen molar-refractivity contribution in [1.29, 1.82) is 0 Å². The van der Waals surface area contributed by atoms with Crippen molar-refractivity contribution in [2.24, 2.45) is 0 Å². The van der Waals surface area contributed by atoms with Gasteiger partial charge in [-0.25, -0.2) is 0 Å². The Morgan fingerprint density at radius 2 is 1.71 bits per heavy atom. The van der Waals surface area contributed by atoms with Gasteiger partial charge in [0.1, 0.15) is 0 Å². The van der Waals surface area contributed by atoms with Gasteiger partial charge >= 0.3 is 0 Å². The summed E-state index contributed by atoms with van der Waals surface area (Å²) in [7, 11) is 0. The molecule has 0 atom stereocenters. The Morgan fingerprint density at radius 1 is 1.00 bits per heavy atom. The maximum atomic E-state index is 4.45. The molecule has 2 aromatic heterocycles. The molecule has 0 aliphatic heterocycles. The second-order valence-electron chi connectivity index (χ2n) is 4.02. The molecule has 0 aliphatic carbocycles. The lowest BCUT2D eigenvalue weighted by atomic mass is 10.1. The molecule has 3 heteroatoms. The Hall–Kier alpha value is -1.22. The molecule has 0 bridgehead atoms. The molecule has 2 rings (SSSR count). The van der Waals surface area contributed by atoms with Crippen LogP contribution in [-0.4, -0.2) is 9.97 Å². The van der Waals surface area contributed by atoms with E-state index in [0.29, 0.717) is 0 Å². The van der Waals surface area contributed by atoms with Crippen LogP contribution in [0.4, 0.5) is 0 Å². The minimum absolute atomic E-state index is 0.912. The third-order valence-corrected chi connectivity index (χ3v) is 3.10. The molecule has 0 aliphatic rings. The van der Waals surface area contributed by atoms with Crippen LogP contribution in [-0.2, 0) is 6.42 Å². The average Bonchev–Trinajstić information content (AvgIpc) is 2.38. The van der Waals surface area contributed by atoms with E-state index < -0.39 is 0 Å². The van der Waals surface area contributed by atoms with Gasteiger partial charge in [0.25, 0.3) is 0 Å². The fourth-order valence-corrected chi connectivity index (χ4v) is 1.87. The Morgan fingerprint density at radius 3 is 2.24 bits per heavy atom. The zero-order chi connectivity index (χ0) is 12.1. The Kier molecular flexibility index (Phi) is 4.26. The fourth-order valence-electron chi connectivity index (χ4n) is 1.63. The summed E-state index contributed by atoms with van der Waals surface area (Å²) in [6.45, 7) is 2.20. The van der Waals surface area contributed by atoms with Crippen molar-refractivity contribution in [2.75, 3.05) is 0 Å². The molecular weight excluding hydrogens is 276 g/mol. The first-order valence-corrected chi connectivity index (χ1v) is 6.65. The molecule has 17 heavy (non-hydrogen) atoms. The molecule has 0 saturated heterocycles. The normalized spacial score (nSPS) is 10.5. The standard InChI is InChI=1S/C14H15BrN2/c1-2-3-4-11-5-7-13(16-9-11)14-8-6-12(15)10-17-14/h5-10H,2-4H2,1H3. The number of halogens is 1. The molecule has 2 heterocycles. The van der Waals surface area contributed by atoms with Crippen LogP contribution >= 0.6 is 15.9 Å². The summed E-state index contributed by atoms with van der Waals surface area (Å²) < 4.78 is 0.987. The van der Waals surface area contributed by atoms with Gasteiger partial charge in [-0.3, -0.25) is 9.97 Å². The van der Waals surface area contributed by atoms with Gasteiger partial charge in [-0.2, -0.15) is 0 Å².